The topological polar surface area (TPSA) is 137 Å². The Morgan fingerprint density at radius 1 is 1.12 bits per heavy atom. The van der Waals surface area contributed by atoms with Crippen molar-refractivity contribution in [1.29, 1.82) is 0 Å². The highest BCUT2D eigenvalue weighted by Crippen LogP contribution is 2.31. The zero-order valence-electron chi connectivity index (χ0n) is 21.1. The molecule has 1 fully saturated rings. The molecular weight excluding hydrogens is 563 g/mol. The first-order chi connectivity index (χ1) is 19.2. The second-order valence-corrected chi connectivity index (χ2v) is 11.4. The molecule has 2 aromatic heterocycles. The predicted molar refractivity (Wildman–Crippen MR) is 145 cm³/mol. The number of thiophene rings is 1. The fraction of sp³-hybridized carbons (Fsp3) is 0.231. The zero-order chi connectivity index (χ0) is 28.4. The SMILES string of the molecule is CCOC(=O)c1nn(-c2ccccc2F)c(=O)c2c(NC(=O)c3ccc(S(=O)(=O)N4CCOCC4)cc3)scc12. The number of halogens is 1. The summed E-state index contributed by atoms with van der Waals surface area (Å²) in [4.78, 5) is 39.3. The van der Waals surface area contributed by atoms with E-state index in [-0.39, 0.29) is 57.3 Å². The molecule has 0 aliphatic carbocycles. The first-order valence-corrected chi connectivity index (χ1v) is 14.5. The van der Waals surface area contributed by atoms with Gasteiger partial charge in [-0.1, -0.05) is 12.1 Å². The van der Waals surface area contributed by atoms with Crippen LogP contribution in [-0.2, 0) is 19.5 Å². The summed E-state index contributed by atoms with van der Waals surface area (Å²) in [6.45, 7) is 2.75. The molecule has 0 spiro atoms. The van der Waals surface area contributed by atoms with Crippen LogP contribution in [0.25, 0.3) is 16.5 Å². The van der Waals surface area contributed by atoms with Crippen molar-refractivity contribution >= 4 is 49.0 Å². The van der Waals surface area contributed by atoms with Gasteiger partial charge in [-0.3, -0.25) is 9.59 Å². The average molecular weight is 587 g/mol. The number of rotatable bonds is 7. The summed E-state index contributed by atoms with van der Waals surface area (Å²) in [7, 11) is -3.74. The Balaban J connectivity index is 1.50. The number of fused-ring (bicyclic) bond motifs is 1. The highest BCUT2D eigenvalue weighted by molar-refractivity contribution is 7.89. The van der Waals surface area contributed by atoms with E-state index in [0.717, 1.165) is 22.1 Å². The van der Waals surface area contributed by atoms with Gasteiger partial charge in [0.1, 0.15) is 16.5 Å². The number of aromatic nitrogens is 2. The molecule has 4 aromatic rings. The largest absolute Gasteiger partial charge is 0.461 e. The van der Waals surface area contributed by atoms with Crippen LogP contribution in [0, 0.1) is 5.82 Å². The third kappa shape index (κ3) is 5.13. The van der Waals surface area contributed by atoms with Crippen LogP contribution in [0.5, 0.6) is 0 Å². The van der Waals surface area contributed by atoms with E-state index in [2.05, 4.69) is 10.4 Å². The lowest BCUT2D eigenvalue weighted by Crippen LogP contribution is -2.40. The molecule has 11 nitrogen and oxygen atoms in total. The molecule has 1 N–H and O–H groups in total. The van der Waals surface area contributed by atoms with Crippen molar-refractivity contribution in [1.82, 2.24) is 14.1 Å². The number of esters is 1. The highest BCUT2D eigenvalue weighted by Gasteiger charge is 2.27. The smallest absolute Gasteiger partial charge is 0.359 e. The summed E-state index contributed by atoms with van der Waals surface area (Å²) >= 11 is 0.983. The molecular formula is C26H23FN4O7S2. The van der Waals surface area contributed by atoms with Gasteiger partial charge in [-0.15, -0.1) is 11.3 Å². The number of morpholine rings is 1. The Bertz CT molecular complexity index is 1760. The highest BCUT2D eigenvalue weighted by atomic mass is 32.2. The number of hydrogen-bond acceptors (Lipinski definition) is 9. The van der Waals surface area contributed by atoms with Crippen LogP contribution in [0.2, 0.25) is 0 Å². The molecule has 0 bridgehead atoms. The molecule has 14 heteroatoms. The number of anilines is 1. The number of carbonyl (C=O) groups is 2. The van der Waals surface area contributed by atoms with E-state index in [1.807, 2.05) is 0 Å². The monoisotopic (exact) mass is 586 g/mol. The van der Waals surface area contributed by atoms with Crippen molar-refractivity contribution in [3.63, 3.8) is 0 Å². The van der Waals surface area contributed by atoms with Gasteiger partial charge < -0.3 is 14.8 Å². The van der Waals surface area contributed by atoms with E-state index < -0.39 is 33.3 Å². The Hall–Kier alpha value is -3.98. The molecule has 0 unspecified atom stereocenters. The summed E-state index contributed by atoms with van der Waals surface area (Å²) in [6.07, 6.45) is 0. The Morgan fingerprint density at radius 3 is 2.50 bits per heavy atom. The minimum atomic E-state index is -3.74. The van der Waals surface area contributed by atoms with Crippen molar-refractivity contribution in [3.8, 4) is 5.69 Å². The molecule has 3 heterocycles. The van der Waals surface area contributed by atoms with Gasteiger partial charge in [-0.05, 0) is 43.3 Å². The second-order valence-electron chi connectivity index (χ2n) is 8.59. The normalized spacial score (nSPS) is 14.2. The molecule has 1 aliphatic heterocycles. The van der Waals surface area contributed by atoms with E-state index in [4.69, 9.17) is 9.47 Å². The van der Waals surface area contributed by atoms with Crippen LogP contribution in [0.1, 0.15) is 27.8 Å². The fourth-order valence-electron chi connectivity index (χ4n) is 4.17. The zero-order valence-corrected chi connectivity index (χ0v) is 22.8. The minimum absolute atomic E-state index is 0.0328. The van der Waals surface area contributed by atoms with Crippen LogP contribution >= 0.6 is 11.3 Å². The molecule has 0 atom stereocenters. The van der Waals surface area contributed by atoms with Gasteiger partial charge in [0.25, 0.3) is 11.5 Å². The van der Waals surface area contributed by atoms with Crippen LogP contribution < -0.4 is 10.9 Å². The molecule has 1 aliphatic rings. The molecule has 40 heavy (non-hydrogen) atoms. The maximum absolute atomic E-state index is 14.6. The Labute approximate surface area is 231 Å². The van der Waals surface area contributed by atoms with E-state index in [9.17, 15) is 27.2 Å². The molecule has 1 amide bonds. The third-order valence-corrected chi connectivity index (χ3v) is 8.96. The van der Waals surface area contributed by atoms with Gasteiger partial charge in [0.15, 0.2) is 5.69 Å². The van der Waals surface area contributed by atoms with Crippen LogP contribution in [-0.4, -0.2) is 67.3 Å². The number of amides is 1. The lowest BCUT2D eigenvalue weighted by molar-refractivity contribution is 0.0519. The molecule has 208 valence electrons. The standard InChI is InChI=1S/C26H23FN4O7S2/c1-2-38-26(34)22-18-15-39-24(21(18)25(33)31(29-22)20-6-4-3-5-19(20)27)28-23(32)16-7-9-17(10-8-16)40(35,36)30-11-13-37-14-12-30/h3-10,15H,2,11-14H2,1H3,(H,28,32). The number of carbonyl (C=O) groups excluding carboxylic acids is 2. The van der Waals surface area contributed by atoms with Crippen molar-refractivity contribution in [2.45, 2.75) is 11.8 Å². The van der Waals surface area contributed by atoms with Crippen molar-refractivity contribution in [3.05, 3.63) is 81.3 Å². The van der Waals surface area contributed by atoms with E-state index in [0.29, 0.717) is 13.2 Å². The quantitative estimate of drug-likeness (QED) is 0.327. The van der Waals surface area contributed by atoms with Crippen molar-refractivity contribution in [2.75, 3.05) is 38.2 Å². The van der Waals surface area contributed by atoms with Crippen LogP contribution in [0.3, 0.4) is 0 Å². The predicted octanol–water partition coefficient (Wildman–Crippen LogP) is 3.04. The first kappa shape index (κ1) is 27.6. The molecule has 2 aromatic carbocycles. The molecule has 0 saturated carbocycles. The average Bonchev–Trinajstić information content (AvgIpc) is 3.38. The van der Waals surface area contributed by atoms with Gasteiger partial charge in [-0.2, -0.15) is 14.1 Å². The number of nitrogens with zero attached hydrogens (tertiary/aromatic N) is 3. The molecule has 1 saturated heterocycles. The van der Waals surface area contributed by atoms with Gasteiger partial charge >= 0.3 is 5.97 Å². The van der Waals surface area contributed by atoms with Crippen molar-refractivity contribution in [2.24, 2.45) is 0 Å². The van der Waals surface area contributed by atoms with E-state index in [1.54, 1.807) is 6.92 Å². The number of benzene rings is 2. The third-order valence-electron chi connectivity index (χ3n) is 6.15. The second kappa shape index (κ2) is 11.3. The maximum atomic E-state index is 14.6. The summed E-state index contributed by atoms with van der Waals surface area (Å²) in [5.41, 5.74) is -1.01. The summed E-state index contributed by atoms with van der Waals surface area (Å²) in [5.74, 6) is -2.17. The minimum Gasteiger partial charge on any atom is -0.461 e. The maximum Gasteiger partial charge on any atom is 0.359 e. The van der Waals surface area contributed by atoms with Crippen LogP contribution in [0.15, 0.2) is 63.6 Å². The Kier molecular flexibility index (Phi) is 7.76. The summed E-state index contributed by atoms with van der Waals surface area (Å²) in [5, 5.41) is 8.42. The summed E-state index contributed by atoms with van der Waals surface area (Å²) in [6, 6.07) is 10.8. The van der Waals surface area contributed by atoms with Gasteiger partial charge in [0.2, 0.25) is 10.0 Å². The first-order valence-electron chi connectivity index (χ1n) is 12.2. The van der Waals surface area contributed by atoms with Crippen LogP contribution in [0.4, 0.5) is 9.39 Å². The Morgan fingerprint density at radius 2 is 1.82 bits per heavy atom. The fourth-order valence-corrected chi connectivity index (χ4v) is 6.51. The number of nitrogens with one attached hydrogen (secondary N) is 1. The van der Waals surface area contributed by atoms with Gasteiger partial charge in [0, 0.05) is 29.4 Å². The number of hydrogen-bond donors (Lipinski definition) is 1. The number of sulfonamides is 1. The van der Waals surface area contributed by atoms with E-state index >= 15 is 0 Å². The lowest BCUT2D eigenvalue weighted by atomic mass is 10.2. The summed E-state index contributed by atoms with van der Waals surface area (Å²) < 4.78 is 52.7. The van der Waals surface area contributed by atoms with Gasteiger partial charge in [0.05, 0.1) is 30.1 Å². The van der Waals surface area contributed by atoms with Gasteiger partial charge in [-0.25, -0.2) is 17.6 Å². The number of para-hydroxylation sites is 1. The molecule has 5 rings (SSSR count). The number of ether oxygens (including phenoxy) is 2. The molecule has 0 radical (unpaired) electrons. The lowest BCUT2D eigenvalue weighted by Gasteiger charge is -2.26. The van der Waals surface area contributed by atoms with Crippen molar-refractivity contribution < 1.29 is 31.9 Å². The van der Waals surface area contributed by atoms with E-state index in [1.165, 1.54) is 52.1 Å².